The van der Waals surface area contributed by atoms with Gasteiger partial charge in [0.05, 0.1) is 0 Å². The Morgan fingerprint density at radius 1 is 1.21 bits per heavy atom. The van der Waals surface area contributed by atoms with E-state index in [1.165, 1.54) is 6.07 Å². The van der Waals surface area contributed by atoms with Crippen LogP contribution in [0.15, 0.2) is 22.7 Å². The van der Waals surface area contributed by atoms with Crippen molar-refractivity contribution >= 4 is 15.9 Å². The average molecular weight is 258 g/mol. The molecule has 1 fully saturated rings. The normalized spacial score (nSPS) is 19.9. The van der Waals surface area contributed by atoms with E-state index in [0.29, 0.717) is 0 Å². The molecule has 0 radical (unpaired) electrons. The minimum atomic E-state index is -0.301. The highest BCUT2D eigenvalue weighted by molar-refractivity contribution is 9.10. The molecule has 0 unspecified atom stereocenters. The summed E-state index contributed by atoms with van der Waals surface area (Å²) in [5.74, 6) is -0.217. The molecular formula is C11H13BrFN. The molecule has 1 nitrogen and oxygen atoms in total. The quantitative estimate of drug-likeness (QED) is 0.821. The first-order valence-electron chi connectivity index (χ1n) is 4.86. The first-order chi connectivity index (χ1) is 6.60. The third-order valence-corrected chi connectivity index (χ3v) is 3.39. The molecule has 0 aliphatic heterocycles. The van der Waals surface area contributed by atoms with Crippen molar-refractivity contribution in [3.63, 3.8) is 0 Å². The second-order valence-corrected chi connectivity index (χ2v) is 4.94. The maximum absolute atomic E-state index is 13.2. The van der Waals surface area contributed by atoms with E-state index in [2.05, 4.69) is 15.9 Å². The third kappa shape index (κ3) is 1.84. The predicted molar refractivity (Wildman–Crippen MR) is 58.4 cm³/mol. The Balaban J connectivity index is 2.40. The standard InChI is InChI=1S/C11H13BrFN/c12-9-5-8(6-10(13)7-9)11(14)3-1-2-4-11/h5-7H,1-4,14H2. The van der Waals surface area contributed by atoms with Crippen molar-refractivity contribution < 1.29 is 4.39 Å². The molecule has 1 aromatic rings. The molecule has 2 rings (SSSR count). The summed E-state index contributed by atoms with van der Waals surface area (Å²) in [6.07, 6.45) is 4.21. The molecule has 0 saturated heterocycles. The molecule has 1 aromatic carbocycles. The lowest BCUT2D eigenvalue weighted by Gasteiger charge is -2.24. The first-order valence-corrected chi connectivity index (χ1v) is 5.65. The maximum atomic E-state index is 13.2. The molecule has 0 spiro atoms. The molecule has 1 aliphatic carbocycles. The highest BCUT2D eigenvalue weighted by Crippen LogP contribution is 2.37. The molecule has 0 heterocycles. The van der Waals surface area contributed by atoms with Crippen molar-refractivity contribution in [2.75, 3.05) is 0 Å². The van der Waals surface area contributed by atoms with Crippen LogP contribution in [0.25, 0.3) is 0 Å². The van der Waals surface area contributed by atoms with Crippen molar-refractivity contribution in [1.82, 2.24) is 0 Å². The van der Waals surface area contributed by atoms with E-state index in [1.54, 1.807) is 6.07 Å². The van der Waals surface area contributed by atoms with Gasteiger partial charge in [-0.05, 0) is 36.6 Å². The molecule has 0 amide bonds. The molecule has 76 valence electrons. The second kappa shape index (κ2) is 3.63. The Hall–Kier alpha value is -0.410. The zero-order valence-corrected chi connectivity index (χ0v) is 9.48. The van der Waals surface area contributed by atoms with Crippen LogP contribution in [0.1, 0.15) is 31.2 Å². The van der Waals surface area contributed by atoms with E-state index < -0.39 is 0 Å². The minimum Gasteiger partial charge on any atom is -0.321 e. The zero-order valence-electron chi connectivity index (χ0n) is 7.89. The summed E-state index contributed by atoms with van der Waals surface area (Å²) in [5, 5.41) is 0. The van der Waals surface area contributed by atoms with Crippen LogP contribution in [0, 0.1) is 5.82 Å². The van der Waals surface area contributed by atoms with Gasteiger partial charge in [-0.1, -0.05) is 28.8 Å². The van der Waals surface area contributed by atoms with Gasteiger partial charge in [-0.25, -0.2) is 4.39 Å². The molecule has 0 aromatic heterocycles. The maximum Gasteiger partial charge on any atom is 0.124 e. The van der Waals surface area contributed by atoms with E-state index in [0.717, 1.165) is 35.7 Å². The molecular weight excluding hydrogens is 245 g/mol. The smallest absolute Gasteiger partial charge is 0.124 e. The van der Waals surface area contributed by atoms with Crippen molar-refractivity contribution in [1.29, 1.82) is 0 Å². The fraction of sp³-hybridized carbons (Fsp3) is 0.455. The van der Waals surface area contributed by atoms with Gasteiger partial charge in [-0.15, -0.1) is 0 Å². The molecule has 1 saturated carbocycles. The van der Waals surface area contributed by atoms with Crippen LogP contribution < -0.4 is 5.73 Å². The number of nitrogens with two attached hydrogens (primary N) is 1. The van der Waals surface area contributed by atoms with Crippen molar-refractivity contribution in [3.05, 3.63) is 34.1 Å². The molecule has 14 heavy (non-hydrogen) atoms. The highest BCUT2D eigenvalue weighted by Gasteiger charge is 2.31. The van der Waals surface area contributed by atoms with Gasteiger partial charge >= 0.3 is 0 Å². The van der Waals surface area contributed by atoms with Crippen molar-refractivity contribution in [2.24, 2.45) is 5.73 Å². The summed E-state index contributed by atoms with van der Waals surface area (Å²) < 4.78 is 13.9. The lowest BCUT2D eigenvalue weighted by Crippen LogP contribution is -2.33. The van der Waals surface area contributed by atoms with E-state index in [4.69, 9.17) is 5.73 Å². The second-order valence-electron chi connectivity index (χ2n) is 4.02. The number of hydrogen-bond acceptors (Lipinski definition) is 1. The van der Waals surface area contributed by atoms with Gasteiger partial charge < -0.3 is 5.73 Å². The van der Waals surface area contributed by atoms with Crippen LogP contribution in [0.5, 0.6) is 0 Å². The van der Waals surface area contributed by atoms with E-state index in [-0.39, 0.29) is 11.4 Å². The summed E-state index contributed by atoms with van der Waals surface area (Å²) >= 11 is 3.29. The highest BCUT2D eigenvalue weighted by atomic mass is 79.9. The predicted octanol–water partition coefficient (Wildman–Crippen LogP) is 3.32. The Labute approximate surface area is 91.6 Å². The van der Waals surface area contributed by atoms with Crippen LogP contribution in [0.4, 0.5) is 4.39 Å². The van der Waals surface area contributed by atoms with Gasteiger partial charge in [0.25, 0.3) is 0 Å². The summed E-state index contributed by atoms with van der Waals surface area (Å²) in [5.41, 5.74) is 6.85. The number of hydrogen-bond donors (Lipinski definition) is 1. The lowest BCUT2D eigenvalue weighted by molar-refractivity contribution is 0.457. The Morgan fingerprint density at radius 2 is 1.86 bits per heavy atom. The average Bonchev–Trinajstić information content (AvgIpc) is 2.52. The van der Waals surface area contributed by atoms with Crippen LogP contribution >= 0.6 is 15.9 Å². The van der Waals surface area contributed by atoms with Gasteiger partial charge in [-0.2, -0.15) is 0 Å². The fourth-order valence-corrected chi connectivity index (χ4v) is 2.60. The number of benzene rings is 1. The Bertz CT molecular complexity index is 325. The zero-order chi connectivity index (χ0) is 10.2. The monoisotopic (exact) mass is 257 g/mol. The van der Waals surface area contributed by atoms with Gasteiger partial charge in [0, 0.05) is 10.0 Å². The molecule has 3 heteroatoms. The van der Waals surface area contributed by atoms with Crippen molar-refractivity contribution in [3.8, 4) is 0 Å². The molecule has 0 atom stereocenters. The van der Waals surface area contributed by atoms with Gasteiger partial charge in [0.2, 0.25) is 0 Å². The summed E-state index contributed by atoms with van der Waals surface area (Å²) in [7, 11) is 0. The van der Waals surface area contributed by atoms with Crippen LogP contribution in [0.3, 0.4) is 0 Å². The summed E-state index contributed by atoms with van der Waals surface area (Å²) in [4.78, 5) is 0. The number of halogens is 2. The third-order valence-electron chi connectivity index (χ3n) is 2.93. The van der Waals surface area contributed by atoms with E-state index in [9.17, 15) is 4.39 Å². The van der Waals surface area contributed by atoms with Gasteiger partial charge in [0.15, 0.2) is 0 Å². The largest absolute Gasteiger partial charge is 0.321 e. The van der Waals surface area contributed by atoms with Gasteiger partial charge in [0.1, 0.15) is 5.82 Å². The Kier molecular flexibility index (Phi) is 2.62. The van der Waals surface area contributed by atoms with Crippen molar-refractivity contribution in [2.45, 2.75) is 31.2 Å². The SMILES string of the molecule is NC1(c2cc(F)cc(Br)c2)CCCC1. The van der Waals surface area contributed by atoms with Crippen LogP contribution in [0.2, 0.25) is 0 Å². The molecule has 0 bridgehead atoms. The van der Waals surface area contributed by atoms with Gasteiger partial charge in [-0.3, -0.25) is 0 Å². The summed E-state index contributed by atoms with van der Waals surface area (Å²) in [6.45, 7) is 0. The Morgan fingerprint density at radius 3 is 2.43 bits per heavy atom. The van der Waals surface area contributed by atoms with Crippen LogP contribution in [-0.4, -0.2) is 0 Å². The minimum absolute atomic E-state index is 0.217. The summed E-state index contributed by atoms with van der Waals surface area (Å²) in [6, 6.07) is 4.94. The fourth-order valence-electron chi connectivity index (χ4n) is 2.14. The first kappa shape index (κ1) is 10.1. The molecule has 1 aliphatic rings. The van der Waals surface area contributed by atoms with E-state index in [1.807, 2.05) is 6.07 Å². The molecule has 2 N–H and O–H groups in total. The topological polar surface area (TPSA) is 26.0 Å². The lowest BCUT2D eigenvalue weighted by atomic mass is 9.89. The van der Waals surface area contributed by atoms with Crippen LogP contribution in [-0.2, 0) is 5.54 Å². The van der Waals surface area contributed by atoms with E-state index >= 15 is 0 Å². The number of rotatable bonds is 1.